The average molecular weight is 413 g/mol. The molecule has 31 heavy (non-hydrogen) atoms. The highest BCUT2D eigenvalue weighted by molar-refractivity contribution is 6.08. The Bertz CT molecular complexity index is 1120. The zero-order chi connectivity index (χ0) is 22.1. The number of rotatable bonds is 8. The molecule has 0 saturated heterocycles. The molecule has 0 aromatic heterocycles. The minimum atomic E-state index is -0.273. The summed E-state index contributed by atoms with van der Waals surface area (Å²) in [5.74, 6) is 0.836. The number of benzene rings is 3. The van der Waals surface area contributed by atoms with Gasteiger partial charge in [-0.25, -0.2) is 0 Å². The fraction of sp³-hybridized carbons (Fsp3) is 0.0769. The summed E-state index contributed by atoms with van der Waals surface area (Å²) in [6.45, 7) is 0. The van der Waals surface area contributed by atoms with E-state index in [1.165, 1.54) is 12.2 Å². The molecule has 0 unspecified atom stereocenters. The number of allylic oxidation sites excluding steroid dienone is 1. The zero-order valence-electron chi connectivity index (χ0n) is 17.4. The first kappa shape index (κ1) is 21.6. The molecule has 0 saturated carbocycles. The minimum absolute atomic E-state index is 0.194. The molecule has 0 heterocycles. The van der Waals surface area contributed by atoms with Crippen LogP contribution in [-0.2, 0) is 4.79 Å². The van der Waals surface area contributed by atoms with Crippen molar-refractivity contribution in [3.63, 3.8) is 0 Å². The molecule has 0 aliphatic heterocycles. The van der Waals surface area contributed by atoms with E-state index in [-0.39, 0.29) is 11.7 Å². The van der Waals surface area contributed by atoms with Crippen molar-refractivity contribution in [3.05, 3.63) is 102 Å². The third kappa shape index (κ3) is 6.18. The number of ketones is 1. The van der Waals surface area contributed by atoms with Gasteiger partial charge in [0.2, 0.25) is 5.91 Å². The highest BCUT2D eigenvalue weighted by Crippen LogP contribution is 2.25. The second-order valence-electron chi connectivity index (χ2n) is 6.62. The van der Waals surface area contributed by atoms with Gasteiger partial charge in [-0.05, 0) is 54.1 Å². The first-order chi connectivity index (χ1) is 15.1. The van der Waals surface area contributed by atoms with E-state index in [9.17, 15) is 9.59 Å². The van der Waals surface area contributed by atoms with Gasteiger partial charge in [0.15, 0.2) is 5.78 Å². The molecular weight excluding hydrogens is 390 g/mol. The van der Waals surface area contributed by atoms with E-state index in [2.05, 4.69) is 5.32 Å². The topological polar surface area (TPSA) is 64.6 Å². The summed E-state index contributed by atoms with van der Waals surface area (Å²) in [4.78, 5) is 24.8. The van der Waals surface area contributed by atoms with Crippen LogP contribution in [0.2, 0.25) is 0 Å². The van der Waals surface area contributed by atoms with Crippen molar-refractivity contribution < 1.29 is 19.1 Å². The van der Waals surface area contributed by atoms with E-state index < -0.39 is 0 Å². The Morgan fingerprint density at radius 3 is 2.35 bits per heavy atom. The molecule has 0 radical (unpaired) electrons. The number of ether oxygens (including phenoxy) is 2. The van der Waals surface area contributed by atoms with Crippen molar-refractivity contribution in [2.75, 3.05) is 19.5 Å². The first-order valence-corrected chi connectivity index (χ1v) is 9.67. The van der Waals surface area contributed by atoms with Crippen LogP contribution in [0.15, 0.2) is 84.9 Å². The van der Waals surface area contributed by atoms with Crippen molar-refractivity contribution in [1.29, 1.82) is 0 Å². The SMILES string of the molecule is COc1ccc(OC)c(/C=C/C(=O)c2cccc(NC(=O)C=Cc3ccccc3)c2)c1. The van der Waals surface area contributed by atoms with Gasteiger partial charge in [-0.1, -0.05) is 42.5 Å². The van der Waals surface area contributed by atoms with Gasteiger partial charge in [0, 0.05) is 22.9 Å². The molecule has 3 rings (SSSR count). The molecule has 3 aromatic carbocycles. The van der Waals surface area contributed by atoms with Crippen LogP contribution in [-0.4, -0.2) is 25.9 Å². The Kier molecular flexibility index (Phi) is 7.38. The Morgan fingerprint density at radius 1 is 0.806 bits per heavy atom. The highest BCUT2D eigenvalue weighted by atomic mass is 16.5. The van der Waals surface area contributed by atoms with E-state index in [1.54, 1.807) is 68.8 Å². The summed E-state index contributed by atoms with van der Waals surface area (Å²) in [5.41, 5.74) is 2.66. The Morgan fingerprint density at radius 2 is 1.61 bits per heavy atom. The molecule has 0 fully saturated rings. The number of anilines is 1. The number of methoxy groups -OCH3 is 2. The normalized spacial score (nSPS) is 10.9. The van der Waals surface area contributed by atoms with Gasteiger partial charge in [0.05, 0.1) is 14.2 Å². The summed E-state index contributed by atoms with van der Waals surface area (Å²) < 4.78 is 10.6. The second-order valence-corrected chi connectivity index (χ2v) is 6.62. The maximum atomic E-state index is 12.6. The summed E-state index contributed by atoms with van der Waals surface area (Å²) in [6, 6.07) is 21.7. The number of hydrogen-bond acceptors (Lipinski definition) is 4. The van der Waals surface area contributed by atoms with Crippen molar-refractivity contribution >= 4 is 29.5 Å². The van der Waals surface area contributed by atoms with Gasteiger partial charge in [-0.2, -0.15) is 0 Å². The predicted molar refractivity (Wildman–Crippen MR) is 123 cm³/mol. The van der Waals surface area contributed by atoms with Crippen LogP contribution in [0.4, 0.5) is 5.69 Å². The summed E-state index contributed by atoms with van der Waals surface area (Å²) in [5, 5.41) is 2.78. The zero-order valence-corrected chi connectivity index (χ0v) is 17.4. The monoisotopic (exact) mass is 413 g/mol. The van der Waals surface area contributed by atoms with Gasteiger partial charge >= 0.3 is 0 Å². The smallest absolute Gasteiger partial charge is 0.248 e. The predicted octanol–water partition coefficient (Wildman–Crippen LogP) is 5.25. The quantitative estimate of drug-likeness (QED) is 0.405. The number of nitrogens with one attached hydrogen (secondary N) is 1. The third-order valence-electron chi connectivity index (χ3n) is 4.49. The third-order valence-corrected chi connectivity index (χ3v) is 4.49. The molecule has 0 aliphatic rings. The number of hydrogen-bond donors (Lipinski definition) is 1. The summed E-state index contributed by atoms with van der Waals surface area (Å²) in [7, 11) is 3.15. The van der Waals surface area contributed by atoms with Crippen molar-refractivity contribution in [2.45, 2.75) is 0 Å². The van der Waals surface area contributed by atoms with Crippen molar-refractivity contribution in [2.24, 2.45) is 0 Å². The Balaban J connectivity index is 1.69. The molecular formula is C26H23NO4. The Labute approximate surface area is 181 Å². The molecule has 156 valence electrons. The largest absolute Gasteiger partial charge is 0.497 e. The highest BCUT2D eigenvalue weighted by Gasteiger charge is 2.07. The molecule has 0 spiro atoms. The van der Waals surface area contributed by atoms with Crippen molar-refractivity contribution in [3.8, 4) is 11.5 Å². The summed E-state index contributed by atoms with van der Waals surface area (Å²) >= 11 is 0. The molecule has 0 aliphatic carbocycles. The van der Waals surface area contributed by atoms with Crippen molar-refractivity contribution in [1.82, 2.24) is 0 Å². The molecule has 1 amide bonds. The number of carbonyl (C=O) groups is 2. The van der Waals surface area contributed by atoms with Gasteiger partial charge in [0.1, 0.15) is 11.5 Å². The fourth-order valence-corrected chi connectivity index (χ4v) is 2.90. The molecule has 1 N–H and O–H groups in total. The lowest BCUT2D eigenvalue weighted by atomic mass is 10.1. The van der Waals surface area contributed by atoms with Gasteiger partial charge < -0.3 is 14.8 Å². The van der Waals surface area contributed by atoms with E-state index in [0.29, 0.717) is 22.7 Å². The van der Waals surface area contributed by atoms with Crippen LogP contribution in [0, 0.1) is 0 Å². The molecule has 5 nitrogen and oxygen atoms in total. The van der Waals surface area contributed by atoms with Gasteiger partial charge in [-0.3, -0.25) is 9.59 Å². The number of carbonyl (C=O) groups excluding carboxylic acids is 2. The summed E-state index contributed by atoms with van der Waals surface area (Å²) in [6.07, 6.45) is 6.33. The lowest BCUT2D eigenvalue weighted by molar-refractivity contribution is -0.111. The van der Waals surface area contributed by atoms with E-state index in [1.807, 2.05) is 30.3 Å². The maximum absolute atomic E-state index is 12.6. The fourth-order valence-electron chi connectivity index (χ4n) is 2.90. The average Bonchev–Trinajstić information content (AvgIpc) is 2.81. The maximum Gasteiger partial charge on any atom is 0.248 e. The number of amides is 1. The van der Waals surface area contributed by atoms with Crippen LogP contribution in [0.25, 0.3) is 12.2 Å². The Hall–Kier alpha value is -4.12. The lowest BCUT2D eigenvalue weighted by Crippen LogP contribution is -2.08. The van der Waals surface area contributed by atoms with Crippen LogP contribution < -0.4 is 14.8 Å². The van der Waals surface area contributed by atoms with E-state index in [4.69, 9.17) is 9.47 Å². The first-order valence-electron chi connectivity index (χ1n) is 9.67. The van der Waals surface area contributed by atoms with Gasteiger partial charge in [0.25, 0.3) is 0 Å². The van der Waals surface area contributed by atoms with E-state index in [0.717, 1.165) is 11.1 Å². The van der Waals surface area contributed by atoms with Crippen LogP contribution >= 0.6 is 0 Å². The molecule has 0 bridgehead atoms. The minimum Gasteiger partial charge on any atom is -0.497 e. The standard InChI is InChI=1S/C26H23NO4/c1-30-23-13-15-25(31-2)21(18-23)12-14-24(28)20-9-6-10-22(17-20)27-26(29)16-11-19-7-4-3-5-8-19/h3-18H,1-2H3,(H,27,29)/b14-12+,16-11?. The lowest BCUT2D eigenvalue weighted by Gasteiger charge is -2.07. The second kappa shape index (κ2) is 10.6. The van der Waals surface area contributed by atoms with Gasteiger partial charge in [-0.15, -0.1) is 0 Å². The molecule has 5 heteroatoms. The van der Waals surface area contributed by atoms with E-state index >= 15 is 0 Å². The van der Waals surface area contributed by atoms with Crippen LogP contribution in [0.1, 0.15) is 21.5 Å². The molecule has 0 atom stereocenters. The van der Waals surface area contributed by atoms with Crippen LogP contribution in [0.3, 0.4) is 0 Å². The van der Waals surface area contributed by atoms with Crippen LogP contribution in [0.5, 0.6) is 11.5 Å². The molecule has 3 aromatic rings.